The Hall–Kier alpha value is -2.65. The average Bonchev–Trinajstić information content (AvgIpc) is 2.89. The molecule has 0 atom stereocenters. The van der Waals surface area contributed by atoms with Crippen LogP contribution in [0.3, 0.4) is 0 Å². The van der Waals surface area contributed by atoms with E-state index in [4.69, 9.17) is 14.5 Å². The van der Waals surface area contributed by atoms with Crippen LogP contribution in [-0.2, 0) is 10.0 Å². The predicted molar refractivity (Wildman–Crippen MR) is 129 cm³/mol. The van der Waals surface area contributed by atoms with E-state index in [2.05, 4.69) is 0 Å². The van der Waals surface area contributed by atoms with E-state index in [1.165, 1.54) is 49.9 Å². The second-order valence-electron chi connectivity index (χ2n) is 8.88. The summed E-state index contributed by atoms with van der Waals surface area (Å²) < 4.78 is 40.0. The van der Waals surface area contributed by atoms with Crippen LogP contribution in [-0.4, -0.2) is 56.5 Å². The molecule has 9 heteroatoms. The van der Waals surface area contributed by atoms with E-state index in [-0.39, 0.29) is 35.9 Å². The van der Waals surface area contributed by atoms with Crippen LogP contribution >= 0.6 is 0 Å². The van der Waals surface area contributed by atoms with Crippen LogP contribution in [0.1, 0.15) is 49.7 Å². The van der Waals surface area contributed by atoms with Crippen LogP contribution in [0.25, 0.3) is 0 Å². The molecule has 2 heterocycles. The van der Waals surface area contributed by atoms with Crippen LogP contribution in [0.4, 0.5) is 0 Å². The molecule has 0 radical (unpaired) electrons. The summed E-state index contributed by atoms with van der Waals surface area (Å²) in [5.74, 6) is 0.575. The van der Waals surface area contributed by atoms with Crippen LogP contribution in [0.5, 0.6) is 11.5 Å². The molecule has 2 fully saturated rings. The first-order valence-corrected chi connectivity index (χ1v) is 13.4. The maximum atomic E-state index is 13.3. The lowest BCUT2D eigenvalue weighted by atomic mass is 9.96. The molecular weight excluding hydrogens is 454 g/mol. The third-order valence-corrected chi connectivity index (χ3v) is 8.66. The van der Waals surface area contributed by atoms with Crippen LogP contribution in [0.15, 0.2) is 52.5 Å². The van der Waals surface area contributed by atoms with Crippen molar-refractivity contribution >= 4 is 15.9 Å². The molecule has 0 N–H and O–H groups in total. The molecule has 1 saturated heterocycles. The van der Waals surface area contributed by atoms with E-state index in [9.17, 15) is 13.2 Å². The normalized spacial score (nSPS) is 19.2. The van der Waals surface area contributed by atoms with E-state index in [1.54, 1.807) is 16.8 Å². The summed E-state index contributed by atoms with van der Waals surface area (Å²) in [5.41, 5.74) is 0.694. The zero-order valence-electron chi connectivity index (χ0n) is 19.9. The van der Waals surface area contributed by atoms with Gasteiger partial charge >= 0.3 is 0 Å². The Bertz CT molecular complexity index is 1180. The number of ether oxygens (including phenoxy) is 2. The number of carbonyl (C=O) groups is 1. The van der Waals surface area contributed by atoms with E-state index in [1.807, 2.05) is 18.2 Å². The number of sulfonamides is 1. The highest BCUT2D eigenvalue weighted by Crippen LogP contribution is 2.32. The maximum absolute atomic E-state index is 13.3. The van der Waals surface area contributed by atoms with Crippen molar-refractivity contribution in [3.05, 3.63) is 48.1 Å². The molecule has 8 nitrogen and oxygen atoms in total. The van der Waals surface area contributed by atoms with Crippen LogP contribution in [0, 0.1) is 5.92 Å². The first-order chi connectivity index (χ1) is 16.4. The quantitative estimate of drug-likeness (QED) is 0.622. The number of hydrogen-bond donors (Lipinski definition) is 0. The lowest BCUT2D eigenvalue weighted by molar-refractivity contribution is 0.0780. The van der Waals surface area contributed by atoms with Gasteiger partial charge < -0.3 is 9.47 Å². The van der Waals surface area contributed by atoms with E-state index < -0.39 is 10.0 Å². The number of nitrogens with zero attached hydrogens (tertiary/aromatic N) is 3. The molecular formula is C25H33N3O5S. The smallest absolute Gasteiger partial charge is 0.243 e. The van der Waals surface area contributed by atoms with Gasteiger partial charge in [0.1, 0.15) is 5.49 Å². The second kappa shape index (κ2) is 10.7. The van der Waals surface area contributed by atoms with Gasteiger partial charge in [0.15, 0.2) is 11.5 Å². The Morgan fingerprint density at radius 1 is 0.941 bits per heavy atom. The summed E-state index contributed by atoms with van der Waals surface area (Å²) in [4.78, 5) is 18.4. The molecule has 2 aliphatic rings. The highest BCUT2D eigenvalue weighted by Gasteiger charge is 2.33. The first kappa shape index (κ1) is 24.5. The SMILES string of the molecule is COc1ccc(S(=O)(=O)N2CCC(C(=O)n3ccccc3=NC3CCCCC3)CC2)cc1OC. The number of aromatic nitrogens is 1. The van der Waals surface area contributed by atoms with Gasteiger partial charge in [0.25, 0.3) is 0 Å². The van der Waals surface area contributed by atoms with Crippen molar-refractivity contribution in [1.29, 1.82) is 0 Å². The molecule has 0 bridgehead atoms. The Kier molecular flexibility index (Phi) is 7.73. The number of piperidine rings is 1. The van der Waals surface area contributed by atoms with Gasteiger partial charge in [-0.25, -0.2) is 8.42 Å². The summed E-state index contributed by atoms with van der Waals surface area (Å²) in [5, 5.41) is 0. The summed E-state index contributed by atoms with van der Waals surface area (Å²) in [7, 11) is -0.720. The van der Waals surface area contributed by atoms with E-state index in [0.717, 1.165) is 12.8 Å². The van der Waals surface area contributed by atoms with Gasteiger partial charge in [-0.2, -0.15) is 4.31 Å². The molecule has 2 aromatic rings. The highest BCUT2D eigenvalue weighted by atomic mass is 32.2. The predicted octanol–water partition coefficient (Wildman–Crippen LogP) is 3.48. The number of benzene rings is 1. The standard InChI is InChI=1S/C25H33N3O5S/c1-32-22-12-11-21(18-23(22)33-2)34(30,31)27-16-13-19(14-17-27)25(29)28-15-7-6-10-24(28)26-20-8-4-3-5-9-20/h6-7,10-12,15,18-20H,3-5,8-9,13-14,16-17H2,1-2H3. The van der Waals surface area contributed by atoms with Crippen molar-refractivity contribution in [1.82, 2.24) is 8.87 Å². The van der Waals surface area contributed by atoms with Crippen LogP contribution < -0.4 is 15.0 Å². The summed E-state index contributed by atoms with van der Waals surface area (Å²) in [6.45, 7) is 0.575. The molecule has 0 amide bonds. The van der Waals surface area contributed by atoms with Crippen molar-refractivity contribution in [2.24, 2.45) is 10.9 Å². The molecule has 1 aliphatic carbocycles. The van der Waals surface area contributed by atoms with Gasteiger partial charge in [0.2, 0.25) is 15.9 Å². The molecule has 4 rings (SSSR count). The Balaban J connectivity index is 1.47. The fraction of sp³-hybridized carbons (Fsp3) is 0.520. The van der Waals surface area contributed by atoms with Crippen molar-refractivity contribution in [3.8, 4) is 11.5 Å². The monoisotopic (exact) mass is 487 g/mol. The molecule has 0 unspecified atom stereocenters. The zero-order valence-corrected chi connectivity index (χ0v) is 20.7. The largest absolute Gasteiger partial charge is 0.493 e. The minimum absolute atomic E-state index is 0.0154. The third-order valence-electron chi connectivity index (χ3n) is 6.76. The summed E-state index contributed by atoms with van der Waals surface area (Å²) in [6.07, 6.45) is 8.46. The third kappa shape index (κ3) is 5.20. The van der Waals surface area contributed by atoms with Gasteiger partial charge in [0, 0.05) is 31.3 Å². The maximum Gasteiger partial charge on any atom is 0.243 e. The molecule has 184 valence electrons. The first-order valence-electron chi connectivity index (χ1n) is 11.9. The molecule has 1 aromatic heterocycles. The Morgan fingerprint density at radius 3 is 2.32 bits per heavy atom. The second-order valence-corrected chi connectivity index (χ2v) is 10.8. The summed E-state index contributed by atoms with van der Waals surface area (Å²) >= 11 is 0. The van der Waals surface area contributed by atoms with E-state index in [0.29, 0.717) is 29.8 Å². The number of rotatable bonds is 6. The molecule has 1 aliphatic heterocycles. The number of hydrogen-bond acceptors (Lipinski definition) is 6. The van der Waals surface area contributed by atoms with Crippen molar-refractivity contribution in [2.45, 2.75) is 55.9 Å². The van der Waals surface area contributed by atoms with Crippen molar-refractivity contribution in [3.63, 3.8) is 0 Å². The molecule has 1 saturated carbocycles. The van der Waals surface area contributed by atoms with Gasteiger partial charge in [-0.15, -0.1) is 0 Å². The highest BCUT2D eigenvalue weighted by molar-refractivity contribution is 7.89. The summed E-state index contributed by atoms with van der Waals surface area (Å²) in [6, 6.07) is 10.5. The molecule has 1 aromatic carbocycles. The van der Waals surface area contributed by atoms with Gasteiger partial charge in [-0.05, 0) is 49.9 Å². The van der Waals surface area contributed by atoms with Crippen molar-refractivity contribution < 1.29 is 22.7 Å². The number of carbonyl (C=O) groups excluding carboxylic acids is 1. The van der Waals surface area contributed by atoms with Gasteiger partial charge in [-0.1, -0.05) is 25.3 Å². The topological polar surface area (TPSA) is 90.2 Å². The average molecular weight is 488 g/mol. The van der Waals surface area contributed by atoms with Gasteiger partial charge in [0.05, 0.1) is 25.2 Å². The van der Waals surface area contributed by atoms with E-state index >= 15 is 0 Å². The van der Waals surface area contributed by atoms with Crippen LogP contribution in [0.2, 0.25) is 0 Å². The minimum Gasteiger partial charge on any atom is -0.493 e. The lowest BCUT2D eigenvalue weighted by Crippen LogP contribution is -2.42. The fourth-order valence-electron chi connectivity index (χ4n) is 4.79. The number of methoxy groups -OCH3 is 2. The Labute approximate surface area is 201 Å². The van der Waals surface area contributed by atoms with Gasteiger partial charge in [-0.3, -0.25) is 14.4 Å². The molecule has 34 heavy (non-hydrogen) atoms. The fourth-order valence-corrected chi connectivity index (χ4v) is 6.27. The lowest BCUT2D eigenvalue weighted by Gasteiger charge is -2.31. The van der Waals surface area contributed by atoms with Crippen molar-refractivity contribution in [2.75, 3.05) is 27.3 Å². The molecule has 0 spiro atoms. The zero-order chi connectivity index (χ0) is 24.1. The number of pyridine rings is 1. The minimum atomic E-state index is -3.70. The Morgan fingerprint density at radius 2 is 1.65 bits per heavy atom.